The molecule has 1 heterocycles. The number of esters is 1. The van der Waals surface area contributed by atoms with Gasteiger partial charge >= 0.3 is 5.97 Å². The number of nitrogens with zero attached hydrogens (tertiary/aromatic N) is 1. The van der Waals surface area contributed by atoms with E-state index in [4.69, 9.17) is 9.15 Å². The molecule has 1 aromatic rings. The van der Waals surface area contributed by atoms with Crippen molar-refractivity contribution >= 4 is 16.1 Å². The first-order valence-electron chi connectivity index (χ1n) is 6.55. The van der Waals surface area contributed by atoms with Gasteiger partial charge in [-0.2, -0.15) is 8.42 Å². The van der Waals surface area contributed by atoms with E-state index in [2.05, 4.69) is 9.17 Å². The van der Waals surface area contributed by atoms with Crippen molar-refractivity contribution in [2.75, 3.05) is 6.26 Å². The van der Waals surface area contributed by atoms with E-state index in [1.807, 2.05) is 0 Å². The minimum Gasteiger partial charge on any atom is -0.452 e. The van der Waals surface area contributed by atoms with Crippen LogP contribution in [0, 0.1) is 5.41 Å². The van der Waals surface area contributed by atoms with Crippen LogP contribution >= 0.6 is 0 Å². The second-order valence-corrected chi connectivity index (χ2v) is 7.87. The molecule has 0 unspecified atom stereocenters. The molecule has 0 spiro atoms. The van der Waals surface area contributed by atoms with Crippen LogP contribution in [0.3, 0.4) is 0 Å². The first-order valence-corrected chi connectivity index (χ1v) is 8.36. The lowest BCUT2D eigenvalue weighted by molar-refractivity contribution is -0.161. The fraction of sp³-hybridized carbons (Fsp3) is 0.692. The first kappa shape index (κ1) is 16.0. The summed E-state index contributed by atoms with van der Waals surface area (Å²) in [5.74, 6) is -0.176. The third-order valence-electron chi connectivity index (χ3n) is 3.02. The van der Waals surface area contributed by atoms with E-state index >= 15 is 0 Å². The van der Waals surface area contributed by atoms with Gasteiger partial charge in [-0.25, -0.2) is 4.98 Å². The molecule has 0 bridgehead atoms. The topological polar surface area (TPSA) is 95.7 Å². The molecule has 0 aliphatic heterocycles. The molecular formula is C13H19NO6S. The zero-order valence-electron chi connectivity index (χ0n) is 12.5. The summed E-state index contributed by atoms with van der Waals surface area (Å²) in [7, 11) is -3.56. The van der Waals surface area contributed by atoms with Gasteiger partial charge in [-0.15, -0.1) is 0 Å². The Hall–Kier alpha value is -1.41. The summed E-state index contributed by atoms with van der Waals surface area (Å²) >= 11 is 0. The Morgan fingerprint density at radius 2 is 2.05 bits per heavy atom. The normalized spacial score (nSPS) is 17.5. The number of carbonyl (C=O) groups is 1. The highest BCUT2D eigenvalue weighted by molar-refractivity contribution is 7.85. The Labute approximate surface area is 123 Å². The van der Waals surface area contributed by atoms with Gasteiger partial charge in [-0.05, 0) is 33.6 Å². The Morgan fingerprint density at radius 3 is 2.52 bits per heavy atom. The predicted molar refractivity (Wildman–Crippen MR) is 72.6 cm³/mol. The van der Waals surface area contributed by atoms with Gasteiger partial charge in [0.05, 0.1) is 11.7 Å². The van der Waals surface area contributed by atoms with Crippen LogP contribution in [0.5, 0.6) is 0 Å². The quantitative estimate of drug-likeness (QED) is 0.602. The smallest absolute Gasteiger partial charge is 0.312 e. The van der Waals surface area contributed by atoms with Crippen molar-refractivity contribution in [3.8, 4) is 0 Å². The number of oxazole rings is 1. The number of rotatable bonds is 5. The molecule has 1 aliphatic rings. The van der Waals surface area contributed by atoms with Crippen LogP contribution in [0.2, 0.25) is 0 Å². The van der Waals surface area contributed by atoms with Crippen LogP contribution in [-0.4, -0.2) is 25.6 Å². The summed E-state index contributed by atoms with van der Waals surface area (Å²) < 4.78 is 37.1. The van der Waals surface area contributed by atoms with E-state index in [0.29, 0.717) is 18.5 Å². The third-order valence-corrected chi connectivity index (χ3v) is 3.57. The molecule has 0 amide bonds. The van der Waals surface area contributed by atoms with Crippen LogP contribution in [-0.2, 0) is 36.0 Å². The highest BCUT2D eigenvalue weighted by atomic mass is 32.2. The van der Waals surface area contributed by atoms with E-state index in [1.54, 1.807) is 20.8 Å². The number of aromatic nitrogens is 1. The van der Waals surface area contributed by atoms with Crippen molar-refractivity contribution < 1.29 is 26.5 Å². The maximum absolute atomic E-state index is 12.0. The van der Waals surface area contributed by atoms with Gasteiger partial charge in [-0.3, -0.25) is 8.98 Å². The van der Waals surface area contributed by atoms with E-state index in [1.165, 1.54) is 6.26 Å². The molecule has 1 fully saturated rings. The molecule has 8 heteroatoms. The van der Waals surface area contributed by atoms with E-state index in [0.717, 1.165) is 6.26 Å². The average molecular weight is 317 g/mol. The number of hydrogen-bond acceptors (Lipinski definition) is 7. The fourth-order valence-electron chi connectivity index (χ4n) is 1.60. The summed E-state index contributed by atoms with van der Waals surface area (Å²) in [6.07, 6.45) is 3.68. The van der Waals surface area contributed by atoms with Gasteiger partial charge in [0.2, 0.25) is 5.89 Å². The van der Waals surface area contributed by atoms with Crippen molar-refractivity contribution in [1.82, 2.24) is 4.98 Å². The van der Waals surface area contributed by atoms with Gasteiger partial charge in [-0.1, -0.05) is 0 Å². The van der Waals surface area contributed by atoms with Crippen LogP contribution < -0.4 is 0 Å². The molecule has 118 valence electrons. The molecule has 2 rings (SSSR count). The first-order chi connectivity index (χ1) is 9.52. The van der Waals surface area contributed by atoms with Crippen molar-refractivity contribution in [2.45, 2.75) is 45.8 Å². The van der Waals surface area contributed by atoms with Gasteiger partial charge in [0.25, 0.3) is 10.1 Å². The standard InChI is InChI=1S/C13H19NO6S/c1-12(2,3)11(15)20-13(5-6-13)9-7-18-10(14-9)8-19-21(4,16)17/h7H,5-6,8H2,1-4H3. The molecule has 7 nitrogen and oxygen atoms in total. The maximum atomic E-state index is 12.0. The van der Waals surface area contributed by atoms with Crippen LogP contribution in [0.25, 0.3) is 0 Å². The van der Waals surface area contributed by atoms with Gasteiger partial charge in [0.1, 0.15) is 18.6 Å². The van der Waals surface area contributed by atoms with E-state index < -0.39 is 21.1 Å². The number of ether oxygens (including phenoxy) is 1. The van der Waals surface area contributed by atoms with Crippen molar-refractivity contribution in [3.63, 3.8) is 0 Å². The Balaban J connectivity index is 2.05. The SMILES string of the molecule is CC(C)(C)C(=O)OC1(c2coc(COS(C)(=O)=O)n2)CC1. The lowest BCUT2D eigenvalue weighted by Crippen LogP contribution is -2.28. The van der Waals surface area contributed by atoms with Crippen molar-refractivity contribution in [1.29, 1.82) is 0 Å². The Morgan fingerprint density at radius 1 is 1.43 bits per heavy atom. The van der Waals surface area contributed by atoms with E-state index in [9.17, 15) is 13.2 Å². The summed E-state index contributed by atoms with van der Waals surface area (Å²) in [5.41, 5.74) is -0.842. The fourth-order valence-corrected chi connectivity index (χ4v) is 1.91. The predicted octanol–water partition coefficient (Wildman–Crippen LogP) is 1.73. The molecule has 1 saturated carbocycles. The molecule has 1 aliphatic carbocycles. The zero-order valence-corrected chi connectivity index (χ0v) is 13.3. The second kappa shape index (κ2) is 5.10. The van der Waals surface area contributed by atoms with Crippen molar-refractivity contribution in [2.24, 2.45) is 5.41 Å². The minimum absolute atomic E-state index is 0.133. The molecule has 0 atom stereocenters. The largest absolute Gasteiger partial charge is 0.452 e. The molecule has 0 saturated heterocycles. The molecule has 21 heavy (non-hydrogen) atoms. The van der Waals surface area contributed by atoms with Crippen LogP contribution in [0.4, 0.5) is 0 Å². The van der Waals surface area contributed by atoms with E-state index in [-0.39, 0.29) is 18.5 Å². The van der Waals surface area contributed by atoms with Crippen LogP contribution in [0.1, 0.15) is 45.2 Å². The lowest BCUT2D eigenvalue weighted by Gasteiger charge is -2.21. The summed E-state index contributed by atoms with van der Waals surface area (Å²) in [4.78, 5) is 16.1. The zero-order chi connectivity index (χ0) is 15.9. The molecular weight excluding hydrogens is 298 g/mol. The Bertz CT molecular complexity index is 636. The van der Waals surface area contributed by atoms with Crippen molar-refractivity contribution in [3.05, 3.63) is 17.8 Å². The average Bonchev–Trinajstić information content (AvgIpc) is 2.94. The van der Waals surface area contributed by atoms with Gasteiger partial charge < -0.3 is 9.15 Å². The summed E-state index contributed by atoms with van der Waals surface area (Å²) in [6, 6.07) is 0. The minimum atomic E-state index is -3.56. The second-order valence-electron chi connectivity index (χ2n) is 6.23. The maximum Gasteiger partial charge on any atom is 0.312 e. The third kappa shape index (κ3) is 4.04. The highest BCUT2D eigenvalue weighted by Crippen LogP contribution is 2.49. The molecule has 1 aromatic heterocycles. The Kier molecular flexibility index (Phi) is 3.88. The highest BCUT2D eigenvalue weighted by Gasteiger charge is 2.52. The molecule has 0 N–H and O–H groups in total. The lowest BCUT2D eigenvalue weighted by atomic mass is 9.97. The molecule has 0 radical (unpaired) electrons. The number of hydrogen-bond donors (Lipinski definition) is 0. The number of carbonyl (C=O) groups excluding carboxylic acids is 1. The monoisotopic (exact) mass is 317 g/mol. The van der Waals surface area contributed by atoms with Gasteiger partial charge in [0.15, 0.2) is 5.60 Å². The summed E-state index contributed by atoms with van der Waals surface area (Å²) in [5, 5.41) is 0. The van der Waals surface area contributed by atoms with Crippen LogP contribution in [0.15, 0.2) is 10.7 Å². The molecule has 0 aromatic carbocycles. The summed E-state index contributed by atoms with van der Waals surface area (Å²) in [6.45, 7) is 5.06. The van der Waals surface area contributed by atoms with Gasteiger partial charge in [0, 0.05) is 0 Å².